The number of benzene rings is 2. The van der Waals surface area contributed by atoms with Crippen LogP contribution in [-0.2, 0) is 17.5 Å². The Morgan fingerprint density at radius 3 is 2.59 bits per heavy atom. The third-order valence-corrected chi connectivity index (χ3v) is 6.89. The average molecular weight is 537 g/mol. The van der Waals surface area contributed by atoms with E-state index in [-0.39, 0.29) is 18.2 Å². The van der Waals surface area contributed by atoms with Crippen molar-refractivity contribution >= 4 is 34.0 Å². The molecule has 1 aliphatic rings. The van der Waals surface area contributed by atoms with E-state index in [4.69, 9.17) is 9.72 Å². The molecule has 0 bridgehead atoms. The van der Waals surface area contributed by atoms with Crippen molar-refractivity contribution in [2.45, 2.75) is 52.4 Å². The van der Waals surface area contributed by atoms with Crippen molar-refractivity contribution in [2.24, 2.45) is 0 Å². The van der Waals surface area contributed by atoms with E-state index in [0.717, 1.165) is 33.8 Å². The molecule has 0 saturated heterocycles. The second-order valence-electron chi connectivity index (χ2n) is 10.8. The molecule has 1 aliphatic heterocycles. The van der Waals surface area contributed by atoms with Gasteiger partial charge in [-0.25, -0.2) is 9.78 Å². The number of alkyl halides is 3. The minimum Gasteiger partial charge on any atom is -0.444 e. The molecule has 204 valence electrons. The largest absolute Gasteiger partial charge is 0.444 e. The fraction of sp³-hybridized carbons (Fsp3) is 0.333. The maximum absolute atomic E-state index is 13.4. The molecule has 1 N–H and O–H groups in total. The second-order valence-corrected chi connectivity index (χ2v) is 10.8. The van der Waals surface area contributed by atoms with Crippen LogP contribution in [0.1, 0.15) is 49.4 Å². The normalized spacial score (nSPS) is 14.5. The molecule has 9 heteroatoms. The van der Waals surface area contributed by atoms with E-state index in [1.54, 1.807) is 11.0 Å². The maximum Gasteiger partial charge on any atom is 0.416 e. The number of carbonyl (C=O) groups is 1. The van der Waals surface area contributed by atoms with Crippen molar-refractivity contribution in [3.8, 4) is 0 Å². The fourth-order valence-corrected chi connectivity index (χ4v) is 4.90. The maximum atomic E-state index is 13.4. The van der Waals surface area contributed by atoms with Crippen LogP contribution >= 0.6 is 0 Å². The Labute approximate surface area is 225 Å². The summed E-state index contributed by atoms with van der Waals surface area (Å²) in [7, 11) is 0. The Morgan fingerprint density at radius 2 is 1.90 bits per heavy atom. The van der Waals surface area contributed by atoms with Crippen LogP contribution in [0.25, 0.3) is 22.1 Å². The molecule has 0 atom stereocenters. The van der Waals surface area contributed by atoms with Crippen LogP contribution in [0.2, 0.25) is 0 Å². The van der Waals surface area contributed by atoms with Gasteiger partial charge in [-0.05, 0) is 86.7 Å². The summed E-state index contributed by atoms with van der Waals surface area (Å²) in [5, 5.41) is 4.16. The zero-order chi connectivity index (χ0) is 27.9. The number of fused-ring (bicyclic) bond motifs is 3. The monoisotopic (exact) mass is 536 g/mol. The van der Waals surface area contributed by atoms with Gasteiger partial charge >= 0.3 is 12.3 Å². The van der Waals surface area contributed by atoms with Gasteiger partial charge < -0.3 is 19.4 Å². The number of carbonyl (C=O) groups excluding carboxylic acids is 1. The highest BCUT2D eigenvalue weighted by atomic mass is 19.4. The molecule has 4 aromatic rings. The molecule has 2 aromatic carbocycles. The quantitative estimate of drug-likeness (QED) is 0.294. The van der Waals surface area contributed by atoms with Gasteiger partial charge in [0.2, 0.25) is 0 Å². The van der Waals surface area contributed by atoms with Gasteiger partial charge in [-0.2, -0.15) is 13.2 Å². The van der Waals surface area contributed by atoms with E-state index in [1.165, 1.54) is 13.0 Å². The van der Waals surface area contributed by atoms with Crippen molar-refractivity contribution in [3.05, 3.63) is 83.1 Å². The molecular formula is C30H31F3N4O2. The number of amides is 1. The summed E-state index contributed by atoms with van der Waals surface area (Å²) in [6.07, 6.45) is -0.0842. The molecule has 3 heterocycles. The molecule has 0 radical (unpaired) electrons. The molecule has 0 saturated carbocycles. The van der Waals surface area contributed by atoms with Gasteiger partial charge in [-0.3, -0.25) is 0 Å². The Balaban J connectivity index is 1.45. The van der Waals surface area contributed by atoms with E-state index >= 15 is 0 Å². The Bertz CT molecular complexity index is 1580. The van der Waals surface area contributed by atoms with E-state index in [1.807, 2.05) is 55.6 Å². The third kappa shape index (κ3) is 5.57. The summed E-state index contributed by atoms with van der Waals surface area (Å²) in [5.74, 6) is 0.599. The number of nitrogens with zero attached hydrogens (tertiary/aromatic N) is 3. The van der Waals surface area contributed by atoms with Crippen LogP contribution in [0.4, 0.5) is 23.8 Å². The van der Waals surface area contributed by atoms with Crippen LogP contribution in [0.15, 0.2) is 60.8 Å². The predicted molar refractivity (Wildman–Crippen MR) is 147 cm³/mol. The molecule has 6 nitrogen and oxygen atoms in total. The molecule has 5 rings (SSSR count). The van der Waals surface area contributed by atoms with E-state index in [9.17, 15) is 18.0 Å². The second kappa shape index (κ2) is 9.94. The van der Waals surface area contributed by atoms with Crippen LogP contribution in [0.3, 0.4) is 0 Å². The summed E-state index contributed by atoms with van der Waals surface area (Å²) in [6.45, 7) is 8.25. The van der Waals surface area contributed by atoms with Crippen molar-refractivity contribution in [1.82, 2.24) is 14.3 Å². The van der Waals surface area contributed by atoms with Gasteiger partial charge in [0.15, 0.2) is 0 Å². The number of hydrogen-bond acceptors (Lipinski definition) is 4. The number of aromatic nitrogens is 2. The highest BCUT2D eigenvalue weighted by Gasteiger charge is 2.32. The third-order valence-electron chi connectivity index (χ3n) is 6.89. The first-order valence-electron chi connectivity index (χ1n) is 12.9. The topological polar surface area (TPSA) is 58.9 Å². The predicted octanol–water partition coefficient (Wildman–Crippen LogP) is 7.45. The fourth-order valence-electron chi connectivity index (χ4n) is 4.90. The summed E-state index contributed by atoms with van der Waals surface area (Å²) in [4.78, 5) is 18.9. The van der Waals surface area contributed by atoms with Gasteiger partial charge in [0.1, 0.15) is 17.1 Å². The molecule has 0 spiro atoms. The van der Waals surface area contributed by atoms with Crippen LogP contribution in [0, 0.1) is 6.92 Å². The molecule has 39 heavy (non-hydrogen) atoms. The van der Waals surface area contributed by atoms with Crippen molar-refractivity contribution in [3.63, 3.8) is 0 Å². The van der Waals surface area contributed by atoms with Crippen LogP contribution < -0.4 is 5.32 Å². The molecule has 2 aromatic heterocycles. The lowest BCUT2D eigenvalue weighted by Crippen LogP contribution is -2.39. The van der Waals surface area contributed by atoms with Crippen molar-refractivity contribution in [1.29, 1.82) is 0 Å². The lowest BCUT2D eigenvalue weighted by atomic mass is 9.98. The Kier molecular flexibility index (Phi) is 6.78. The minimum absolute atomic E-state index is 0.201. The Hall–Kier alpha value is -4.01. The van der Waals surface area contributed by atoms with Crippen molar-refractivity contribution < 1.29 is 22.7 Å². The average Bonchev–Trinajstić information content (AvgIpc) is 3.35. The van der Waals surface area contributed by atoms with Gasteiger partial charge in [0.25, 0.3) is 0 Å². The lowest BCUT2D eigenvalue weighted by Gasteiger charge is -2.29. The number of ether oxygens (including phenoxy) is 1. The zero-order valence-corrected chi connectivity index (χ0v) is 22.4. The molecule has 0 unspecified atom stereocenters. The van der Waals surface area contributed by atoms with Crippen LogP contribution in [0.5, 0.6) is 0 Å². The zero-order valence-electron chi connectivity index (χ0n) is 22.4. The number of hydrogen-bond donors (Lipinski definition) is 1. The first kappa shape index (κ1) is 26.6. The van der Waals surface area contributed by atoms with Gasteiger partial charge in [0, 0.05) is 31.2 Å². The minimum atomic E-state index is -4.41. The highest BCUT2D eigenvalue weighted by Crippen LogP contribution is 2.34. The van der Waals surface area contributed by atoms with Gasteiger partial charge in [-0.15, -0.1) is 0 Å². The summed E-state index contributed by atoms with van der Waals surface area (Å²) < 4.78 is 47.8. The molecule has 1 amide bonds. The number of anilines is 1. The standard InChI is InChI=1S/C30H31F3N4O2/c1-19-22(7-5-8-24(19)30(31,32)33)18-34-27-23-17-21(10-11-25(23)37-14-6-9-26(37)35-27)20-12-15-36(16-13-20)28(38)39-29(2,3)4/h5-12,14,17H,13,15-16,18H2,1-4H3,(H,34,35). The van der Waals surface area contributed by atoms with Gasteiger partial charge in [0.05, 0.1) is 11.1 Å². The lowest BCUT2D eigenvalue weighted by molar-refractivity contribution is -0.138. The van der Waals surface area contributed by atoms with E-state index < -0.39 is 17.3 Å². The SMILES string of the molecule is Cc1c(CNc2nc3cccn3c3ccc(C4=CCN(C(=O)OC(C)(C)C)CC4)cc23)cccc1C(F)(F)F. The van der Waals surface area contributed by atoms with Crippen LogP contribution in [-0.4, -0.2) is 39.1 Å². The highest BCUT2D eigenvalue weighted by molar-refractivity contribution is 5.94. The van der Waals surface area contributed by atoms with Gasteiger partial charge in [-0.1, -0.05) is 24.3 Å². The summed E-state index contributed by atoms with van der Waals surface area (Å²) >= 11 is 0. The van der Waals surface area contributed by atoms with Crippen molar-refractivity contribution in [2.75, 3.05) is 18.4 Å². The smallest absolute Gasteiger partial charge is 0.416 e. The number of rotatable bonds is 4. The molecule has 0 aliphatic carbocycles. The first-order valence-corrected chi connectivity index (χ1v) is 12.9. The number of nitrogens with one attached hydrogen (secondary N) is 1. The molecular weight excluding hydrogens is 505 g/mol. The summed E-state index contributed by atoms with van der Waals surface area (Å²) in [5.41, 5.74) is 3.38. The Morgan fingerprint density at radius 1 is 1.10 bits per heavy atom. The first-order chi connectivity index (χ1) is 18.4. The molecule has 0 fully saturated rings. The van der Waals surface area contributed by atoms with E-state index in [0.29, 0.717) is 30.9 Å². The number of halogens is 3. The van der Waals surface area contributed by atoms with E-state index in [2.05, 4.69) is 17.4 Å². The summed E-state index contributed by atoms with van der Waals surface area (Å²) in [6, 6.07) is 14.2.